The van der Waals surface area contributed by atoms with E-state index in [2.05, 4.69) is 5.32 Å². The molecule has 0 saturated carbocycles. The molecule has 2 amide bonds. The van der Waals surface area contributed by atoms with Crippen molar-refractivity contribution in [2.45, 2.75) is 23.5 Å². The molecular weight excluding hydrogens is 311 g/mol. The molecule has 1 aliphatic rings. The molecule has 0 bridgehead atoms. The Morgan fingerprint density at radius 3 is 2.76 bits per heavy atom. The monoisotopic (exact) mass is 330 g/mol. The number of hydrogen-bond acceptors (Lipinski definition) is 3. The van der Waals surface area contributed by atoms with Crippen molar-refractivity contribution in [1.82, 2.24) is 4.90 Å². The molecule has 21 heavy (non-hydrogen) atoms. The average Bonchev–Trinajstić information content (AvgIpc) is 2.42. The molecule has 1 N–H and O–H groups in total. The molecule has 0 aromatic heterocycles. The maximum Gasteiger partial charge on any atom is 0.321 e. The summed E-state index contributed by atoms with van der Waals surface area (Å²) < 4.78 is 25.1. The Morgan fingerprint density at radius 1 is 1.48 bits per heavy atom. The van der Waals surface area contributed by atoms with Gasteiger partial charge >= 0.3 is 6.03 Å². The third kappa shape index (κ3) is 3.77. The zero-order chi connectivity index (χ0) is 15.6. The van der Waals surface area contributed by atoms with Gasteiger partial charge in [-0.25, -0.2) is 9.18 Å². The van der Waals surface area contributed by atoms with Crippen LogP contribution in [-0.4, -0.2) is 45.0 Å². The third-order valence-electron chi connectivity index (χ3n) is 3.42. The molecule has 7 heteroatoms. The predicted octanol–water partition coefficient (Wildman–Crippen LogP) is 2.92. The van der Waals surface area contributed by atoms with E-state index in [4.69, 9.17) is 0 Å². The smallest absolute Gasteiger partial charge is 0.321 e. The van der Waals surface area contributed by atoms with Gasteiger partial charge in [-0.15, -0.1) is 11.8 Å². The number of nitrogens with one attached hydrogen (secondary N) is 1. The van der Waals surface area contributed by atoms with Crippen LogP contribution in [0.2, 0.25) is 0 Å². The van der Waals surface area contributed by atoms with Gasteiger partial charge in [-0.05, 0) is 38.3 Å². The van der Waals surface area contributed by atoms with Crippen molar-refractivity contribution < 1.29 is 13.4 Å². The third-order valence-corrected chi connectivity index (χ3v) is 6.11. The summed E-state index contributed by atoms with van der Waals surface area (Å²) in [5, 5.41) is 2.70. The molecule has 0 spiro atoms. The summed E-state index contributed by atoms with van der Waals surface area (Å²) in [5.41, 5.74) is 0.430. The molecule has 0 radical (unpaired) electrons. The van der Waals surface area contributed by atoms with Crippen molar-refractivity contribution >= 4 is 34.3 Å². The van der Waals surface area contributed by atoms with Gasteiger partial charge in [0.05, 0.1) is 4.75 Å². The van der Waals surface area contributed by atoms with Gasteiger partial charge in [-0.2, -0.15) is 0 Å². The molecule has 0 unspecified atom stereocenters. The minimum Gasteiger partial charge on any atom is -0.322 e. The SMILES string of the molecule is CSc1ccc(NC(=O)N2CC[S@@](=O)C(C)(C)C2)cc1F. The first-order valence-corrected chi connectivity index (χ1v) is 9.16. The fraction of sp³-hybridized carbons (Fsp3) is 0.500. The van der Waals surface area contributed by atoms with Crippen LogP contribution in [0.15, 0.2) is 23.1 Å². The summed E-state index contributed by atoms with van der Waals surface area (Å²) in [4.78, 5) is 14.4. The van der Waals surface area contributed by atoms with Crippen LogP contribution in [0.4, 0.5) is 14.9 Å². The summed E-state index contributed by atoms with van der Waals surface area (Å²) in [6.07, 6.45) is 1.80. The van der Waals surface area contributed by atoms with E-state index in [1.807, 2.05) is 13.8 Å². The van der Waals surface area contributed by atoms with Crippen molar-refractivity contribution in [3.05, 3.63) is 24.0 Å². The highest BCUT2D eigenvalue weighted by atomic mass is 32.2. The summed E-state index contributed by atoms with van der Waals surface area (Å²) in [6.45, 7) is 4.65. The number of thioether (sulfide) groups is 1. The van der Waals surface area contributed by atoms with E-state index in [1.165, 1.54) is 17.8 Å². The van der Waals surface area contributed by atoms with Gasteiger partial charge in [0, 0.05) is 40.2 Å². The normalized spacial score (nSPS) is 21.1. The van der Waals surface area contributed by atoms with Crippen LogP contribution in [0.5, 0.6) is 0 Å². The number of rotatable bonds is 2. The van der Waals surface area contributed by atoms with Crippen molar-refractivity contribution in [2.75, 3.05) is 30.4 Å². The fourth-order valence-corrected chi connectivity index (χ4v) is 3.90. The molecule has 2 rings (SSSR count). The maximum atomic E-state index is 13.7. The van der Waals surface area contributed by atoms with E-state index in [0.29, 0.717) is 29.4 Å². The van der Waals surface area contributed by atoms with E-state index in [0.717, 1.165) is 0 Å². The Balaban J connectivity index is 2.05. The lowest BCUT2D eigenvalue weighted by Crippen LogP contribution is -2.53. The van der Waals surface area contributed by atoms with E-state index in [1.54, 1.807) is 23.3 Å². The zero-order valence-electron chi connectivity index (χ0n) is 12.3. The van der Waals surface area contributed by atoms with Crippen LogP contribution in [0.3, 0.4) is 0 Å². The highest BCUT2D eigenvalue weighted by molar-refractivity contribution is 7.98. The van der Waals surface area contributed by atoms with Gasteiger partial charge in [0.25, 0.3) is 0 Å². The average molecular weight is 330 g/mol. The van der Waals surface area contributed by atoms with Crippen LogP contribution in [0.25, 0.3) is 0 Å². The summed E-state index contributed by atoms with van der Waals surface area (Å²) in [6, 6.07) is 4.36. The Hall–Kier alpha value is -1.08. The first kappa shape index (κ1) is 16.3. The summed E-state index contributed by atoms with van der Waals surface area (Å²) >= 11 is 1.32. The van der Waals surface area contributed by atoms with Crippen LogP contribution in [-0.2, 0) is 10.8 Å². The molecule has 1 fully saturated rings. The molecule has 1 aromatic carbocycles. The number of carbonyl (C=O) groups excluding carboxylic acids is 1. The highest BCUT2D eigenvalue weighted by Crippen LogP contribution is 2.24. The molecule has 4 nitrogen and oxygen atoms in total. The van der Waals surface area contributed by atoms with Gasteiger partial charge in [-0.1, -0.05) is 0 Å². The van der Waals surface area contributed by atoms with E-state index >= 15 is 0 Å². The number of hydrogen-bond donors (Lipinski definition) is 1. The second kappa shape index (κ2) is 6.36. The van der Waals surface area contributed by atoms with Crippen LogP contribution in [0, 0.1) is 5.82 Å². The number of urea groups is 1. The molecule has 1 heterocycles. The quantitative estimate of drug-likeness (QED) is 0.848. The minimum atomic E-state index is -0.927. The second-order valence-electron chi connectivity index (χ2n) is 5.51. The number of benzene rings is 1. The van der Waals surface area contributed by atoms with E-state index < -0.39 is 15.5 Å². The Bertz CT molecular complexity index is 578. The number of halogens is 1. The van der Waals surface area contributed by atoms with E-state index in [-0.39, 0.29) is 11.8 Å². The highest BCUT2D eigenvalue weighted by Gasteiger charge is 2.35. The molecule has 1 aliphatic heterocycles. The molecule has 1 saturated heterocycles. The van der Waals surface area contributed by atoms with Crippen molar-refractivity contribution in [1.29, 1.82) is 0 Å². The number of amides is 2. The van der Waals surface area contributed by atoms with Crippen LogP contribution in [0.1, 0.15) is 13.8 Å². The number of anilines is 1. The summed E-state index contributed by atoms with van der Waals surface area (Å²) in [7, 11) is -0.927. The van der Waals surface area contributed by atoms with E-state index in [9.17, 15) is 13.4 Å². The molecule has 1 atom stereocenters. The van der Waals surface area contributed by atoms with Gasteiger partial charge < -0.3 is 10.2 Å². The Kier molecular flexibility index (Phi) is 4.93. The lowest BCUT2D eigenvalue weighted by molar-refractivity contribution is 0.207. The van der Waals surface area contributed by atoms with Gasteiger partial charge in [0.1, 0.15) is 5.82 Å². The van der Waals surface area contributed by atoms with Crippen LogP contribution >= 0.6 is 11.8 Å². The lowest BCUT2D eigenvalue weighted by atomic mass is 10.2. The molecule has 1 aromatic rings. The molecule has 116 valence electrons. The van der Waals surface area contributed by atoms with Crippen molar-refractivity contribution in [3.8, 4) is 0 Å². The largest absolute Gasteiger partial charge is 0.322 e. The predicted molar refractivity (Wildman–Crippen MR) is 85.9 cm³/mol. The lowest BCUT2D eigenvalue weighted by Gasteiger charge is -2.37. The zero-order valence-corrected chi connectivity index (χ0v) is 13.9. The van der Waals surface area contributed by atoms with Crippen LogP contribution < -0.4 is 5.32 Å². The number of carbonyl (C=O) groups is 1. The van der Waals surface area contributed by atoms with Gasteiger partial charge in [0.2, 0.25) is 0 Å². The van der Waals surface area contributed by atoms with Gasteiger partial charge in [0.15, 0.2) is 0 Å². The minimum absolute atomic E-state index is 0.281. The Labute approximate surface area is 130 Å². The standard InChI is InChI=1S/C14H19FN2O2S2/c1-14(2)9-17(6-7-21(14)19)13(18)16-10-4-5-12(20-3)11(15)8-10/h4-5,8H,6-7,9H2,1-3H3,(H,16,18)/t21-/m1/s1. The maximum absolute atomic E-state index is 13.7. The Morgan fingerprint density at radius 2 is 2.19 bits per heavy atom. The van der Waals surface area contributed by atoms with Crippen molar-refractivity contribution in [2.24, 2.45) is 0 Å². The topological polar surface area (TPSA) is 49.4 Å². The molecule has 0 aliphatic carbocycles. The van der Waals surface area contributed by atoms with Crippen molar-refractivity contribution in [3.63, 3.8) is 0 Å². The number of nitrogens with zero attached hydrogens (tertiary/aromatic N) is 1. The van der Waals surface area contributed by atoms with Gasteiger partial charge in [-0.3, -0.25) is 4.21 Å². The summed E-state index contributed by atoms with van der Waals surface area (Å²) in [5.74, 6) is 0.126. The first-order chi connectivity index (χ1) is 9.83. The molecular formula is C14H19FN2O2S2. The fourth-order valence-electron chi connectivity index (χ4n) is 2.20. The second-order valence-corrected chi connectivity index (χ2v) is 8.56. The first-order valence-electron chi connectivity index (χ1n) is 6.61.